The summed E-state index contributed by atoms with van der Waals surface area (Å²) in [6, 6.07) is 11.6. The molecule has 0 aliphatic heterocycles. The molecule has 0 unspecified atom stereocenters. The van der Waals surface area contributed by atoms with Gasteiger partial charge in [0.1, 0.15) is 5.82 Å². The highest BCUT2D eigenvalue weighted by Crippen LogP contribution is 2.28. The molecule has 0 amide bonds. The number of hydrogen-bond acceptors (Lipinski definition) is 3. The lowest BCUT2D eigenvalue weighted by Crippen LogP contribution is -2.18. The molecule has 0 radical (unpaired) electrons. The summed E-state index contributed by atoms with van der Waals surface area (Å²) in [5.41, 5.74) is 10.4. The van der Waals surface area contributed by atoms with Gasteiger partial charge in [-0.05, 0) is 32.0 Å². The standard InChI is InChI=1S/C17H18N4O/c1-11-9-13(10-20(3)17(11)22)15-12(2)16(18)21(19-15)14-7-5-4-6-8-14/h4-10H,18H2,1-3H3. The Morgan fingerprint density at radius 3 is 2.45 bits per heavy atom. The van der Waals surface area contributed by atoms with Crippen molar-refractivity contribution in [3.05, 3.63) is 64.1 Å². The smallest absolute Gasteiger partial charge is 0.253 e. The van der Waals surface area contributed by atoms with Crippen LogP contribution in [-0.4, -0.2) is 14.3 Å². The van der Waals surface area contributed by atoms with Crippen LogP contribution in [-0.2, 0) is 7.05 Å². The number of nitrogen functional groups attached to an aromatic ring is 1. The number of aromatic nitrogens is 3. The number of pyridine rings is 1. The van der Waals surface area contributed by atoms with Gasteiger partial charge in [0.15, 0.2) is 0 Å². The fourth-order valence-electron chi connectivity index (χ4n) is 2.56. The highest BCUT2D eigenvalue weighted by atomic mass is 16.1. The minimum atomic E-state index is -0.00290. The molecule has 1 aromatic carbocycles. The fraction of sp³-hybridized carbons (Fsp3) is 0.176. The van der Waals surface area contributed by atoms with Gasteiger partial charge in [-0.2, -0.15) is 5.10 Å². The van der Waals surface area contributed by atoms with Crippen LogP contribution in [0.5, 0.6) is 0 Å². The van der Waals surface area contributed by atoms with Crippen molar-refractivity contribution < 1.29 is 0 Å². The summed E-state index contributed by atoms with van der Waals surface area (Å²) in [5.74, 6) is 0.604. The second-order valence-corrected chi connectivity index (χ2v) is 5.43. The van der Waals surface area contributed by atoms with E-state index in [0.29, 0.717) is 11.4 Å². The molecule has 22 heavy (non-hydrogen) atoms. The average molecular weight is 294 g/mol. The number of hydrogen-bond donors (Lipinski definition) is 1. The first-order chi connectivity index (χ1) is 10.5. The zero-order valence-electron chi connectivity index (χ0n) is 12.9. The van der Waals surface area contributed by atoms with Crippen molar-refractivity contribution in [3.8, 4) is 16.9 Å². The molecule has 0 atom stereocenters. The Balaban J connectivity index is 2.20. The Labute approximate surface area is 128 Å². The Morgan fingerprint density at radius 2 is 1.82 bits per heavy atom. The highest BCUT2D eigenvalue weighted by molar-refractivity contribution is 5.69. The predicted octanol–water partition coefficient (Wildman–Crippen LogP) is 2.44. The summed E-state index contributed by atoms with van der Waals surface area (Å²) < 4.78 is 3.30. The first-order valence-corrected chi connectivity index (χ1v) is 7.07. The third kappa shape index (κ3) is 2.20. The Bertz CT molecular complexity index is 865. The van der Waals surface area contributed by atoms with Crippen LogP contribution in [0.15, 0.2) is 47.4 Å². The van der Waals surface area contributed by atoms with Crippen molar-refractivity contribution in [2.45, 2.75) is 13.8 Å². The van der Waals surface area contributed by atoms with Crippen LogP contribution in [0, 0.1) is 13.8 Å². The van der Waals surface area contributed by atoms with Crippen LogP contribution in [0.1, 0.15) is 11.1 Å². The molecule has 3 rings (SSSR count). The monoisotopic (exact) mass is 294 g/mol. The summed E-state index contributed by atoms with van der Waals surface area (Å²) in [5, 5.41) is 4.64. The number of aryl methyl sites for hydroxylation is 2. The number of anilines is 1. The van der Waals surface area contributed by atoms with Gasteiger partial charge < -0.3 is 10.3 Å². The molecule has 3 aromatic rings. The van der Waals surface area contributed by atoms with Crippen LogP contribution in [0.25, 0.3) is 16.9 Å². The van der Waals surface area contributed by atoms with Crippen molar-refractivity contribution in [2.24, 2.45) is 7.05 Å². The summed E-state index contributed by atoms with van der Waals surface area (Å²) in [7, 11) is 1.74. The maximum absolute atomic E-state index is 11.8. The zero-order valence-corrected chi connectivity index (χ0v) is 12.9. The maximum Gasteiger partial charge on any atom is 0.253 e. The van der Waals surface area contributed by atoms with Crippen LogP contribution < -0.4 is 11.3 Å². The zero-order chi connectivity index (χ0) is 15.9. The van der Waals surface area contributed by atoms with Crippen LogP contribution >= 0.6 is 0 Å². The molecule has 2 heterocycles. The largest absolute Gasteiger partial charge is 0.383 e. The van der Waals surface area contributed by atoms with Crippen LogP contribution in [0.3, 0.4) is 0 Å². The molecule has 0 aliphatic carbocycles. The van der Waals surface area contributed by atoms with Gasteiger partial charge in [0.05, 0.1) is 11.4 Å². The van der Waals surface area contributed by atoms with E-state index in [0.717, 1.165) is 22.5 Å². The number of nitrogens with zero attached hydrogens (tertiary/aromatic N) is 3. The minimum absolute atomic E-state index is 0.00290. The summed E-state index contributed by atoms with van der Waals surface area (Å²) in [6.45, 7) is 3.75. The molecule has 2 N–H and O–H groups in total. The molecule has 5 heteroatoms. The average Bonchev–Trinajstić information content (AvgIpc) is 2.81. The van der Waals surface area contributed by atoms with E-state index in [4.69, 9.17) is 5.73 Å². The van der Waals surface area contributed by atoms with Crippen molar-refractivity contribution in [1.82, 2.24) is 14.3 Å². The van der Waals surface area contributed by atoms with Gasteiger partial charge >= 0.3 is 0 Å². The quantitative estimate of drug-likeness (QED) is 0.789. The van der Waals surface area contributed by atoms with E-state index >= 15 is 0 Å². The lowest BCUT2D eigenvalue weighted by atomic mass is 10.1. The molecule has 5 nitrogen and oxygen atoms in total. The van der Waals surface area contributed by atoms with Gasteiger partial charge in [-0.3, -0.25) is 4.79 Å². The van der Waals surface area contributed by atoms with E-state index in [1.54, 1.807) is 29.4 Å². The second kappa shape index (κ2) is 5.18. The predicted molar refractivity (Wildman–Crippen MR) is 88.1 cm³/mol. The van der Waals surface area contributed by atoms with E-state index in [-0.39, 0.29) is 5.56 Å². The third-order valence-electron chi connectivity index (χ3n) is 3.80. The van der Waals surface area contributed by atoms with Gasteiger partial charge in [0.25, 0.3) is 5.56 Å². The van der Waals surface area contributed by atoms with Crippen molar-refractivity contribution in [1.29, 1.82) is 0 Å². The molecular formula is C17H18N4O. The Kier molecular flexibility index (Phi) is 3.33. The van der Waals surface area contributed by atoms with Gasteiger partial charge in [-0.1, -0.05) is 18.2 Å². The van der Waals surface area contributed by atoms with E-state index < -0.39 is 0 Å². The molecule has 0 bridgehead atoms. The van der Waals surface area contributed by atoms with Crippen molar-refractivity contribution >= 4 is 5.82 Å². The molecule has 0 saturated carbocycles. The first kappa shape index (κ1) is 14.1. The van der Waals surface area contributed by atoms with Gasteiger partial charge in [0.2, 0.25) is 0 Å². The lowest BCUT2D eigenvalue weighted by Gasteiger charge is -2.04. The summed E-state index contributed by atoms with van der Waals surface area (Å²) >= 11 is 0. The molecule has 0 saturated heterocycles. The molecule has 2 aromatic heterocycles. The Morgan fingerprint density at radius 1 is 1.14 bits per heavy atom. The number of rotatable bonds is 2. The molecular weight excluding hydrogens is 276 g/mol. The number of benzene rings is 1. The second-order valence-electron chi connectivity index (χ2n) is 5.43. The number of para-hydroxylation sites is 1. The van der Waals surface area contributed by atoms with Gasteiger partial charge in [-0.15, -0.1) is 0 Å². The van der Waals surface area contributed by atoms with Gasteiger partial charge in [0, 0.05) is 29.9 Å². The van der Waals surface area contributed by atoms with E-state index in [9.17, 15) is 4.79 Å². The van der Waals surface area contributed by atoms with E-state index in [1.165, 1.54) is 0 Å². The number of nitrogens with two attached hydrogens (primary N) is 1. The third-order valence-corrected chi connectivity index (χ3v) is 3.80. The van der Waals surface area contributed by atoms with E-state index in [1.807, 2.05) is 43.3 Å². The molecule has 112 valence electrons. The van der Waals surface area contributed by atoms with Crippen molar-refractivity contribution in [2.75, 3.05) is 5.73 Å². The Hall–Kier alpha value is -2.82. The maximum atomic E-state index is 11.8. The summed E-state index contributed by atoms with van der Waals surface area (Å²) in [4.78, 5) is 11.8. The molecule has 0 fully saturated rings. The van der Waals surface area contributed by atoms with Crippen molar-refractivity contribution in [3.63, 3.8) is 0 Å². The highest BCUT2D eigenvalue weighted by Gasteiger charge is 2.15. The lowest BCUT2D eigenvalue weighted by molar-refractivity contribution is 0.846. The topological polar surface area (TPSA) is 65.8 Å². The first-order valence-electron chi connectivity index (χ1n) is 7.07. The van der Waals surface area contributed by atoms with E-state index in [2.05, 4.69) is 5.10 Å². The van der Waals surface area contributed by atoms with Crippen LogP contribution in [0.4, 0.5) is 5.82 Å². The summed E-state index contributed by atoms with van der Waals surface area (Å²) in [6.07, 6.45) is 1.79. The van der Waals surface area contributed by atoms with Gasteiger partial charge in [-0.25, -0.2) is 4.68 Å². The normalized spacial score (nSPS) is 10.9. The molecule has 0 spiro atoms. The minimum Gasteiger partial charge on any atom is -0.383 e. The fourth-order valence-corrected chi connectivity index (χ4v) is 2.56. The SMILES string of the molecule is Cc1c(-c2cc(C)c(=O)n(C)c2)nn(-c2ccccc2)c1N. The molecule has 0 aliphatic rings. The van der Waals surface area contributed by atoms with Crippen LogP contribution in [0.2, 0.25) is 0 Å².